The van der Waals surface area contributed by atoms with Gasteiger partial charge in [0.05, 0.1) is 24.2 Å². The van der Waals surface area contributed by atoms with E-state index in [1.807, 2.05) is 24.3 Å². The highest BCUT2D eigenvalue weighted by atomic mass is 32.2. The predicted molar refractivity (Wildman–Crippen MR) is 99.2 cm³/mol. The van der Waals surface area contributed by atoms with E-state index in [2.05, 4.69) is 10.3 Å². The maximum Gasteiger partial charge on any atom is 0.251 e. The summed E-state index contributed by atoms with van der Waals surface area (Å²) in [5.41, 5.74) is 1.47. The summed E-state index contributed by atoms with van der Waals surface area (Å²) in [6.07, 6.45) is 2.56. The lowest BCUT2D eigenvalue weighted by atomic mass is 10.0. The highest BCUT2D eigenvalue weighted by molar-refractivity contribution is 7.91. The van der Waals surface area contributed by atoms with E-state index in [0.717, 1.165) is 17.0 Å². The van der Waals surface area contributed by atoms with Crippen LogP contribution in [-0.4, -0.2) is 43.5 Å². The zero-order valence-corrected chi connectivity index (χ0v) is 15.7. The van der Waals surface area contributed by atoms with Crippen molar-refractivity contribution in [1.82, 2.24) is 10.3 Å². The van der Waals surface area contributed by atoms with Gasteiger partial charge in [-0.15, -0.1) is 0 Å². The van der Waals surface area contributed by atoms with Crippen LogP contribution in [0, 0.1) is 0 Å². The number of benzene rings is 1. The number of carbonyl (C=O) groups is 1. The van der Waals surface area contributed by atoms with Gasteiger partial charge in [0.2, 0.25) is 0 Å². The fourth-order valence-corrected chi connectivity index (χ4v) is 5.31. The SMILES string of the molecule is COc1ccccc1Cc1cc(C(=O)NC2(C)CCS(=O)(=O)C2)ccn1. The molecule has 0 aliphatic carbocycles. The lowest BCUT2D eigenvalue weighted by Crippen LogP contribution is -2.46. The van der Waals surface area contributed by atoms with Crippen molar-refractivity contribution in [3.8, 4) is 5.75 Å². The first kappa shape index (κ1) is 18.4. The van der Waals surface area contributed by atoms with Crippen LogP contribution in [0.1, 0.15) is 35.0 Å². The molecular weight excluding hydrogens is 352 g/mol. The van der Waals surface area contributed by atoms with Gasteiger partial charge >= 0.3 is 0 Å². The van der Waals surface area contributed by atoms with Crippen LogP contribution in [0.5, 0.6) is 5.75 Å². The van der Waals surface area contributed by atoms with Crippen LogP contribution in [-0.2, 0) is 16.3 Å². The number of sulfone groups is 1. The van der Waals surface area contributed by atoms with Gasteiger partial charge in [-0.1, -0.05) is 18.2 Å². The molecule has 1 atom stereocenters. The lowest BCUT2D eigenvalue weighted by molar-refractivity contribution is 0.0915. The van der Waals surface area contributed by atoms with Gasteiger partial charge in [0.1, 0.15) is 5.75 Å². The number of nitrogens with zero attached hydrogens (tertiary/aromatic N) is 1. The van der Waals surface area contributed by atoms with E-state index in [0.29, 0.717) is 18.4 Å². The molecule has 2 aromatic rings. The normalized spacial score (nSPS) is 21.3. The minimum Gasteiger partial charge on any atom is -0.496 e. The van der Waals surface area contributed by atoms with Crippen molar-refractivity contribution in [2.45, 2.75) is 25.3 Å². The predicted octanol–water partition coefficient (Wildman–Crippen LogP) is 1.99. The van der Waals surface area contributed by atoms with E-state index < -0.39 is 15.4 Å². The van der Waals surface area contributed by atoms with Crippen molar-refractivity contribution < 1.29 is 17.9 Å². The number of ether oxygens (including phenoxy) is 1. The second kappa shape index (κ2) is 7.07. The minimum atomic E-state index is -3.08. The molecule has 3 rings (SSSR count). The quantitative estimate of drug-likeness (QED) is 0.865. The molecule has 7 heteroatoms. The summed E-state index contributed by atoms with van der Waals surface area (Å²) in [5, 5.41) is 2.87. The molecule has 1 aromatic carbocycles. The van der Waals surface area contributed by atoms with Crippen LogP contribution in [0.4, 0.5) is 0 Å². The molecule has 1 aromatic heterocycles. The van der Waals surface area contributed by atoms with Crippen LogP contribution in [0.2, 0.25) is 0 Å². The maximum absolute atomic E-state index is 12.6. The molecule has 138 valence electrons. The summed E-state index contributed by atoms with van der Waals surface area (Å²) in [7, 11) is -1.46. The van der Waals surface area contributed by atoms with Gasteiger partial charge in [-0.25, -0.2) is 8.42 Å². The number of methoxy groups -OCH3 is 1. The van der Waals surface area contributed by atoms with Crippen molar-refractivity contribution >= 4 is 15.7 Å². The van der Waals surface area contributed by atoms with E-state index in [1.54, 1.807) is 32.4 Å². The highest BCUT2D eigenvalue weighted by Crippen LogP contribution is 2.24. The van der Waals surface area contributed by atoms with E-state index in [-0.39, 0.29) is 17.4 Å². The first-order valence-electron chi connectivity index (χ1n) is 8.40. The Morgan fingerprint density at radius 3 is 2.77 bits per heavy atom. The maximum atomic E-state index is 12.6. The molecule has 1 amide bonds. The molecule has 26 heavy (non-hydrogen) atoms. The fourth-order valence-electron chi connectivity index (χ4n) is 3.22. The van der Waals surface area contributed by atoms with Gasteiger partial charge < -0.3 is 10.1 Å². The molecule has 1 unspecified atom stereocenters. The summed E-state index contributed by atoms with van der Waals surface area (Å²) in [4.78, 5) is 16.9. The molecule has 0 radical (unpaired) electrons. The van der Waals surface area contributed by atoms with Crippen LogP contribution in [0.15, 0.2) is 42.6 Å². The first-order chi connectivity index (χ1) is 12.3. The van der Waals surface area contributed by atoms with Crippen molar-refractivity contribution in [1.29, 1.82) is 0 Å². The Labute approximate surface area is 153 Å². The Morgan fingerprint density at radius 2 is 2.08 bits per heavy atom. The topological polar surface area (TPSA) is 85.4 Å². The molecule has 1 aliphatic rings. The fraction of sp³-hybridized carbons (Fsp3) is 0.368. The molecule has 1 saturated heterocycles. The van der Waals surface area contributed by atoms with Gasteiger partial charge in [-0.05, 0) is 31.5 Å². The molecule has 1 fully saturated rings. The Balaban J connectivity index is 1.76. The van der Waals surface area contributed by atoms with Crippen LogP contribution in [0.3, 0.4) is 0 Å². The second-order valence-electron chi connectivity index (χ2n) is 6.88. The summed E-state index contributed by atoms with van der Waals surface area (Å²) in [6, 6.07) is 11.0. The number of amides is 1. The average molecular weight is 374 g/mol. The number of hydrogen-bond acceptors (Lipinski definition) is 5. The number of nitrogens with one attached hydrogen (secondary N) is 1. The van der Waals surface area contributed by atoms with Crippen molar-refractivity contribution in [2.75, 3.05) is 18.6 Å². The first-order valence-corrected chi connectivity index (χ1v) is 10.2. The number of hydrogen-bond donors (Lipinski definition) is 1. The summed E-state index contributed by atoms with van der Waals surface area (Å²) in [6.45, 7) is 1.77. The lowest BCUT2D eigenvalue weighted by Gasteiger charge is -2.24. The zero-order chi connectivity index (χ0) is 18.8. The Bertz CT molecular complexity index is 927. The van der Waals surface area contributed by atoms with Gasteiger partial charge in [-0.3, -0.25) is 9.78 Å². The average Bonchev–Trinajstić information content (AvgIpc) is 2.88. The molecule has 1 aliphatic heterocycles. The summed E-state index contributed by atoms with van der Waals surface area (Å²) in [5.74, 6) is 0.575. The van der Waals surface area contributed by atoms with E-state index in [9.17, 15) is 13.2 Å². The highest BCUT2D eigenvalue weighted by Gasteiger charge is 2.39. The summed E-state index contributed by atoms with van der Waals surface area (Å²) >= 11 is 0. The van der Waals surface area contributed by atoms with Crippen LogP contribution in [0.25, 0.3) is 0 Å². The van der Waals surface area contributed by atoms with Crippen molar-refractivity contribution in [2.24, 2.45) is 0 Å². The van der Waals surface area contributed by atoms with Gasteiger partial charge in [-0.2, -0.15) is 0 Å². The van der Waals surface area contributed by atoms with Gasteiger partial charge in [0, 0.05) is 29.4 Å². The van der Waals surface area contributed by atoms with Gasteiger partial charge in [0.15, 0.2) is 9.84 Å². The minimum absolute atomic E-state index is 0.0229. The number of aromatic nitrogens is 1. The Morgan fingerprint density at radius 1 is 1.31 bits per heavy atom. The Hall–Kier alpha value is -2.41. The smallest absolute Gasteiger partial charge is 0.251 e. The summed E-state index contributed by atoms with van der Waals surface area (Å²) < 4.78 is 28.8. The second-order valence-corrected chi connectivity index (χ2v) is 9.07. The molecule has 2 heterocycles. The molecule has 0 bridgehead atoms. The number of rotatable bonds is 5. The number of para-hydroxylation sites is 1. The van der Waals surface area contributed by atoms with Crippen molar-refractivity contribution in [3.63, 3.8) is 0 Å². The van der Waals surface area contributed by atoms with Crippen molar-refractivity contribution in [3.05, 3.63) is 59.4 Å². The molecule has 1 N–H and O–H groups in total. The largest absolute Gasteiger partial charge is 0.496 e. The monoisotopic (exact) mass is 374 g/mol. The standard InChI is InChI=1S/C19H22N2O4S/c1-19(8-10-26(23,24)13-19)21-18(22)15-7-9-20-16(12-15)11-14-5-3-4-6-17(14)25-2/h3-7,9,12H,8,10-11,13H2,1-2H3,(H,21,22). The molecule has 0 saturated carbocycles. The third-order valence-electron chi connectivity index (χ3n) is 4.56. The van der Waals surface area contributed by atoms with E-state index in [1.165, 1.54) is 0 Å². The third kappa shape index (κ3) is 4.22. The third-order valence-corrected chi connectivity index (χ3v) is 6.46. The molecular formula is C19H22N2O4S. The van der Waals surface area contributed by atoms with E-state index >= 15 is 0 Å². The molecule has 0 spiro atoms. The number of carbonyl (C=O) groups excluding carboxylic acids is 1. The van der Waals surface area contributed by atoms with Crippen LogP contribution < -0.4 is 10.1 Å². The van der Waals surface area contributed by atoms with Gasteiger partial charge in [0.25, 0.3) is 5.91 Å². The zero-order valence-electron chi connectivity index (χ0n) is 14.9. The molecule has 6 nitrogen and oxygen atoms in total. The Kier molecular flexibility index (Phi) is 5.00. The van der Waals surface area contributed by atoms with E-state index in [4.69, 9.17) is 4.74 Å². The van der Waals surface area contributed by atoms with Crippen LogP contribution >= 0.6 is 0 Å². The number of pyridine rings is 1.